The van der Waals surface area contributed by atoms with E-state index >= 15 is 0 Å². The summed E-state index contributed by atoms with van der Waals surface area (Å²) in [6, 6.07) is 1.63. The zero-order valence-corrected chi connectivity index (χ0v) is 20.4. The summed E-state index contributed by atoms with van der Waals surface area (Å²) in [7, 11) is 1.74. The molecule has 168 valence electrons. The fraction of sp³-hybridized carbons (Fsp3) is 0.400. The molecule has 4 N–H and O–H groups in total. The molecule has 0 unspecified atom stereocenters. The van der Waals surface area contributed by atoms with Crippen molar-refractivity contribution in [3.05, 3.63) is 48.9 Å². The molecule has 3 aromatic rings. The molecule has 3 aromatic heterocycles. The lowest BCUT2D eigenvalue weighted by atomic mass is 9.74. The SMILES string of the molecule is Cn1c(N2CCC3(CC2)Cc2sc(Cl)nc2[C@H]3N)ncc(Sc2ccnc(N)c2Cl)c1=O. The normalized spacial score (nSPS) is 19.5. The van der Waals surface area contributed by atoms with Gasteiger partial charge in [0.15, 0.2) is 4.47 Å². The van der Waals surface area contributed by atoms with Crippen molar-refractivity contribution in [2.45, 2.75) is 35.1 Å². The number of nitrogens with two attached hydrogens (primary N) is 2. The molecule has 1 atom stereocenters. The van der Waals surface area contributed by atoms with Crippen molar-refractivity contribution < 1.29 is 0 Å². The maximum absolute atomic E-state index is 13.0. The van der Waals surface area contributed by atoms with E-state index in [0.717, 1.165) is 38.0 Å². The van der Waals surface area contributed by atoms with Crippen LogP contribution in [-0.4, -0.2) is 32.6 Å². The number of pyridine rings is 1. The fourth-order valence-electron chi connectivity index (χ4n) is 4.58. The van der Waals surface area contributed by atoms with Crippen molar-refractivity contribution in [1.82, 2.24) is 19.5 Å². The van der Waals surface area contributed by atoms with Crippen molar-refractivity contribution in [2.75, 3.05) is 23.7 Å². The zero-order valence-electron chi connectivity index (χ0n) is 17.2. The minimum absolute atomic E-state index is 0.00192. The van der Waals surface area contributed by atoms with Gasteiger partial charge in [-0.15, -0.1) is 11.3 Å². The molecule has 0 bridgehead atoms. The first-order chi connectivity index (χ1) is 15.3. The van der Waals surface area contributed by atoms with Crippen LogP contribution in [0.4, 0.5) is 11.8 Å². The lowest BCUT2D eigenvalue weighted by molar-refractivity contribution is 0.185. The Kier molecular flexibility index (Phi) is 5.61. The van der Waals surface area contributed by atoms with Crippen LogP contribution in [0.25, 0.3) is 0 Å². The number of fused-ring (bicyclic) bond motifs is 1. The van der Waals surface area contributed by atoms with Gasteiger partial charge < -0.3 is 16.4 Å². The number of halogens is 2. The molecule has 0 amide bonds. The number of thiazole rings is 1. The van der Waals surface area contributed by atoms with Crippen molar-refractivity contribution in [1.29, 1.82) is 0 Å². The second kappa shape index (κ2) is 8.18. The van der Waals surface area contributed by atoms with Crippen molar-refractivity contribution in [3.8, 4) is 0 Å². The van der Waals surface area contributed by atoms with E-state index in [4.69, 9.17) is 34.7 Å². The maximum Gasteiger partial charge on any atom is 0.268 e. The summed E-state index contributed by atoms with van der Waals surface area (Å²) in [4.78, 5) is 30.5. The molecule has 1 fully saturated rings. The van der Waals surface area contributed by atoms with Gasteiger partial charge in [-0.25, -0.2) is 15.0 Å². The van der Waals surface area contributed by atoms with E-state index < -0.39 is 0 Å². The van der Waals surface area contributed by atoms with E-state index in [1.807, 2.05) is 0 Å². The van der Waals surface area contributed by atoms with Crippen LogP contribution in [0.3, 0.4) is 0 Å². The van der Waals surface area contributed by atoms with Crippen molar-refractivity contribution >= 4 is 58.1 Å². The van der Waals surface area contributed by atoms with Gasteiger partial charge in [-0.1, -0.05) is 35.0 Å². The molecular weight excluding hydrogens is 489 g/mol. The highest BCUT2D eigenvalue weighted by Gasteiger charge is 2.48. The highest BCUT2D eigenvalue weighted by Crippen LogP contribution is 2.52. The molecule has 0 radical (unpaired) electrons. The lowest BCUT2D eigenvalue weighted by Gasteiger charge is -2.42. The number of piperidine rings is 1. The van der Waals surface area contributed by atoms with Crippen LogP contribution in [0.15, 0.2) is 33.0 Å². The minimum Gasteiger partial charge on any atom is -0.382 e. The average Bonchev–Trinajstić information content (AvgIpc) is 3.24. The molecule has 1 aliphatic carbocycles. The van der Waals surface area contributed by atoms with Gasteiger partial charge in [0.2, 0.25) is 5.95 Å². The molecule has 1 spiro atoms. The molecule has 0 aromatic carbocycles. The Morgan fingerprint density at radius 3 is 2.72 bits per heavy atom. The Bertz CT molecular complexity index is 1250. The van der Waals surface area contributed by atoms with E-state index in [9.17, 15) is 4.79 Å². The van der Waals surface area contributed by atoms with Gasteiger partial charge in [0.1, 0.15) is 5.82 Å². The highest BCUT2D eigenvalue weighted by atomic mass is 35.5. The third-order valence-corrected chi connectivity index (χ3v) is 9.17. The first-order valence-corrected chi connectivity index (χ1v) is 12.5. The number of hydrogen-bond acceptors (Lipinski definition) is 9. The van der Waals surface area contributed by atoms with Gasteiger partial charge in [-0.2, -0.15) is 0 Å². The summed E-state index contributed by atoms with van der Waals surface area (Å²) >= 11 is 15.1. The quantitative estimate of drug-likeness (QED) is 0.550. The van der Waals surface area contributed by atoms with E-state index in [2.05, 4.69) is 19.9 Å². The third kappa shape index (κ3) is 3.58. The monoisotopic (exact) mass is 509 g/mol. The molecular formula is C20H21Cl2N7OS2. The Labute approximate surface area is 203 Å². The van der Waals surface area contributed by atoms with Crippen molar-refractivity contribution in [3.63, 3.8) is 0 Å². The minimum atomic E-state index is -0.134. The molecule has 32 heavy (non-hydrogen) atoms. The van der Waals surface area contributed by atoms with Crippen LogP contribution in [0.2, 0.25) is 9.49 Å². The average molecular weight is 510 g/mol. The van der Waals surface area contributed by atoms with Gasteiger partial charge >= 0.3 is 0 Å². The highest BCUT2D eigenvalue weighted by molar-refractivity contribution is 7.99. The van der Waals surface area contributed by atoms with E-state index in [1.54, 1.807) is 30.1 Å². The number of aromatic nitrogens is 4. The fourth-order valence-corrected chi connectivity index (χ4v) is 7.05. The largest absolute Gasteiger partial charge is 0.382 e. The Morgan fingerprint density at radius 2 is 2.00 bits per heavy atom. The van der Waals surface area contributed by atoms with Crippen molar-refractivity contribution in [2.24, 2.45) is 18.2 Å². The second-order valence-corrected chi connectivity index (χ2v) is 11.3. The van der Waals surface area contributed by atoms with Crippen LogP contribution in [-0.2, 0) is 13.5 Å². The molecule has 4 heterocycles. The number of anilines is 2. The van der Waals surface area contributed by atoms with Crippen LogP contribution in [0, 0.1) is 5.41 Å². The summed E-state index contributed by atoms with van der Waals surface area (Å²) in [5.74, 6) is 0.884. The van der Waals surface area contributed by atoms with Crippen LogP contribution in [0.1, 0.15) is 29.5 Å². The number of nitrogen functional groups attached to an aromatic ring is 1. The molecule has 1 aliphatic heterocycles. The molecule has 8 nitrogen and oxygen atoms in total. The van der Waals surface area contributed by atoms with Gasteiger partial charge in [0.25, 0.3) is 5.56 Å². The third-order valence-electron chi connectivity index (χ3n) is 6.42. The topological polar surface area (TPSA) is 116 Å². The number of hydrogen-bond donors (Lipinski definition) is 2. The molecule has 2 aliphatic rings. The summed E-state index contributed by atoms with van der Waals surface area (Å²) in [5.41, 5.74) is 13.2. The number of rotatable bonds is 3. The second-order valence-electron chi connectivity index (χ2n) is 8.18. The van der Waals surface area contributed by atoms with Gasteiger partial charge in [-0.3, -0.25) is 9.36 Å². The first-order valence-electron chi connectivity index (χ1n) is 10.1. The van der Waals surface area contributed by atoms with Gasteiger partial charge in [0, 0.05) is 36.1 Å². The standard InChI is InChI=1S/C20H21Cl2N7OS2/c1-28-17(30)12(31-10-2-5-25-16(24)13(10)21)9-26-19(28)29-6-3-20(4-7-29)8-11-14(15(20)23)27-18(22)32-11/h2,5,9,15H,3-4,6-8,23H2,1H3,(H2,24,25)/t15-/m1/s1. The molecule has 1 saturated heterocycles. The van der Waals surface area contributed by atoms with Gasteiger partial charge in [0.05, 0.1) is 27.9 Å². The van der Waals surface area contributed by atoms with Crippen LogP contribution in [0.5, 0.6) is 0 Å². The summed E-state index contributed by atoms with van der Waals surface area (Å²) < 4.78 is 2.15. The summed E-state index contributed by atoms with van der Waals surface area (Å²) in [6.07, 6.45) is 5.90. The molecule has 0 saturated carbocycles. The maximum atomic E-state index is 13.0. The van der Waals surface area contributed by atoms with Crippen LogP contribution < -0.4 is 21.9 Å². The van der Waals surface area contributed by atoms with E-state index in [1.165, 1.54) is 28.0 Å². The molecule has 5 rings (SSSR count). The van der Waals surface area contributed by atoms with E-state index in [-0.39, 0.29) is 22.8 Å². The predicted molar refractivity (Wildman–Crippen MR) is 129 cm³/mol. The summed E-state index contributed by atoms with van der Waals surface area (Å²) in [5, 5.41) is 0.335. The number of nitrogens with zero attached hydrogens (tertiary/aromatic N) is 5. The smallest absolute Gasteiger partial charge is 0.268 e. The predicted octanol–water partition coefficient (Wildman–Crippen LogP) is 3.51. The van der Waals surface area contributed by atoms with Gasteiger partial charge in [-0.05, 0) is 30.7 Å². The molecule has 12 heteroatoms. The Hall–Kier alpha value is -1.85. The summed E-state index contributed by atoms with van der Waals surface area (Å²) in [6.45, 7) is 1.55. The van der Waals surface area contributed by atoms with E-state index in [0.29, 0.717) is 25.2 Å². The lowest BCUT2D eigenvalue weighted by Crippen LogP contribution is -2.46. The Morgan fingerprint density at radius 1 is 1.25 bits per heavy atom. The Balaban J connectivity index is 1.33. The first kappa shape index (κ1) is 22.0. The zero-order chi connectivity index (χ0) is 22.6. The van der Waals surface area contributed by atoms with Crippen LogP contribution >= 0.6 is 46.3 Å².